The smallest absolute Gasteiger partial charge is 0.229 e. The molecule has 0 bridgehead atoms. The zero-order chi connectivity index (χ0) is 28.0. The third-order valence-electron chi connectivity index (χ3n) is 7.34. The van der Waals surface area contributed by atoms with Crippen molar-refractivity contribution < 1.29 is 22.0 Å². The van der Waals surface area contributed by atoms with E-state index in [4.69, 9.17) is 9.16 Å². The van der Waals surface area contributed by atoms with Crippen LogP contribution in [0.5, 0.6) is 5.75 Å². The zero-order valence-electron chi connectivity index (χ0n) is 23.0. The minimum absolute atomic E-state index is 0.0731. The molecular weight excluding hydrogens is 533 g/mol. The maximum absolute atomic E-state index is 14.4. The molecule has 4 aromatic rings. The molecule has 0 fully saturated rings. The monoisotopic (exact) mass is 571 g/mol. The average molecular weight is 572 g/mol. The standard InChI is InChI=1S/C29H38FN3O4SSi/c1-5-39(6-2,7-3)37-29(21-12-15-25(30)28(18-21)33-38(4,34)35)20-31-16-17-36-22-13-14-24-23-10-8-9-11-26(23)32-27(24)19-22/h8-15,18-19,29,31-33H,5-7,16-17,20H2,1-4H3. The lowest BCUT2D eigenvalue weighted by molar-refractivity contribution is 0.183. The number of sulfonamides is 1. The summed E-state index contributed by atoms with van der Waals surface area (Å²) >= 11 is 0. The molecule has 1 unspecified atom stereocenters. The van der Waals surface area contributed by atoms with E-state index >= 15 is 0 Å². The van der Waals surface area contributed by atoms with E-state index in [0.717, 1.165) is 52.1 Å². The van der Waals surface area contributed by atoms with E-state index in [0.29, 0.717) is 19.7 Å². The number of aromatic amines is 1. The molecule has 3 N–H and O–H groups in total. The van der Waals surface area contributed by atoms with Crippen LogP contribution in [0, 0.1) is 5.82 Å². The SMILES string of the molecule is CC[Si](CC)(CC)OC(CNCCOc1ccc2c(c1)[nH]c1ccccc12)c1ccc(F)c(NS(C)(=O)=O)c1. The van der Waals surface area contributed by atoms with Gasteiger partial charge in [-0.15, -0.1) is 0 Å². The molecule has 0 spiro atoms. The number of rotatable bonds is 14. The summed E-state index contributed by atoms with van der Waals surface area (Å²) in [5, 5.41) is 5.77. The Bertz CT molecular complexity index is 1510. The van der Waals surface area contributed by atoms with Gasteiger partial charge in [-0.05, 0) is 54.0 Å². The Morgan fingerprint density at radius 2 is 1.67 bits per heavy atom. The lowest BCUT2D eigenvalue weighted by Gasteiger charge is -2.34. The molecule has 0 radical (unpaired) electrons. The summed E-state index contributed by atoms with van der Waals surface area (Å²) in [7, 11) is -5.63. The minimum atomic E-state index is -3.62. The molecule has 4 rings (SSSR count). The number of halogens is 1. The first-order valence-corrected chi connectivity index (χ1v) is 17.9. The van der Waals surface area contributed by atoms with E-state index in [-0.39, 0.29) is 11.8 Å². The van der Waals surface area contributed by atoms with Gasteiger partial charge in [0.25, 0.3) is 0 Å². The molecule has 1 atom stereocenters. The molecule has 3 aromatic carbocycles. The van der Waals surface area contributed by atoms with Gasteiger partial charge in [0.15, 0.2) is 8.32 Å². The lowest BCUT2D eigenvalue weighted by Crippen LogP contribution is -2.40. The summed E-state index contributed by atoms with van der Waals surface area (Å²) < 4.78 is 52.9. The first kappa shape index (κ1) is 29.1. The number of para-hydroxylation sites is 1. The van der Waals surface area contributed by atoms with Gasteiger partial charge in [0.1, 0.15) is 18.2 Å². The number of benzene rings is 3. The van der Waals surface area contributed by atoms with E-state index in [2.05, 4.69) is 54.0 Å². The van der Waals surface area contributed by atoms with E-state index in [1.54, 1.807) is 6.07 Å². The Hall–Kier alpha value is -2.92. The quantitative estimate of drug-likeness (QED) is 0.118. The third kappa shape index (κ3) is 7.19. The van der Waals surface area contributed by atoms with Gasteiger partial charge in [-0.25, -0.2) is 12.8 Å². The summed E-state index contributed by atoms with van der Waals surface area (Å²) in [5.41, 5.74) is 2.78. The number of aromatic nitrogens is 1. The number of H-pyrrole nitrogens is 1. The maximum Gasteiger partial charge on any atom is 0.229 e. The van der Waals surface area contributed by atoms with Crippen LogP contribution in [0.1, 0.15) is 32.4 Å². The molecule has 1 aromatic heterocycles. The molecule has 10 heteroatoms. The van der Waals surface area contributed by atoms with Crippen molar-refractivity contribution in [3.8, 4) is 5.75 Å². The number of hydrogen-bond acceptors (Lipinski definition) is 5. The van der Waals surface area contributed by atoms with Crippen molar-refractivity contribution in [3.05, 3.63) is 72.0 Å². The molecule has 0 aliphatic rings. The van der Waals surface area contributed by atoms with E-state index in [1.165, 1.54) is 17.5 Å². The van der Waals surface area contributed by atoms with Crippen molar-refractivity contribution >= 4 is 45.8 Å². The molecule has 7 nitrogen and oxygen atoms in total. The Balaban J connectivity index is 1.43. The molecule has 0 aliphatic carbocycles. The van der Waals surface area contributed by atoms with Crippen molar-refractivity contribution in [3.63, 3.8) is 0 Å². The molecule has 39 heavy (non-hydrogen) atoms. The van der Waals surface area contributed by atoms with Crippen LogP contribution in [0.2, 0.25) is 18.1 Å². The van der Waals surface area contributed by atoms with Crippen molar-refractivity contribution in [1.82, 2.24) is 10.3 Å². The van der Waals surface area contributed by atoms with Gasteiger partial charge in [-0.2, -0.15) is 0 Å². The second-order valence-corrected chi connectivity index (χ2v) is 16.4. The van der Waals surface area contributed by atoms with Crippen LogP contribution in [0.4, 0.5) is 10.1 Å². The molecular formula is C29H38FN3O4SSi. The Morgan fingerprint density at radius 1 is 0.949 bits per heavy atom. The highest BCUT2D eigenvalue weighted by Gasteiger charge is 2.32. The predicted molar refractivity (Wildman–Crippen MR) is 160 cm³/mol. The van der Waals surface area contributed by atoms with Crippen molar-refractivity contribution in [1.29, 1.82) is 0 Å². The maximum atomic E-state index is 14.4. The zero-order valence-corrected chi connectivity index (χ0v) is 24.8. The predicted octanol–water partition coefficient (Wildman–Crippen LogP) is 6.56. The van der Waals surface area contributed by atoms with Crippen molar-refractivity contribution in [2.45, 2.75) is 45.0 Å². The third-order valence-corrected chi connectivity index (χ3v) is 12.6. The Morgan fingerprint density at radius 3 is 2.38 bits per heavy atom. The molecule has 210 valence electrons. The Labute approximate surface area is 231 Å². The highest BCUT2D eigenvalue weighted by Crippen LogP contribution is 2.32. The fourth-order valence-electron chi connectivity index (χ4n) is 4.95. The van der Waals surface area contributed by atoms with Gasteiger partial charge in [-0.3, -0.25) is 4.72 Å². The first-order valence-electron chi connectivity index (χ1n) is 13.5. The fraction of sp³-hybridized carbons (Fsp3) is 0.379. The van der Waals surface area contributed by atoms with Crippen LogP contribution < -0.4 is 14.8 Å². The number of anilines is 1. The van der Waals surface area contributed by atoms with Gasteiger partial charge in [-0.1, -0.05) is 45.0 Å². The van der Waals surface area contributed by atoms with Gasteiger partial charge < -0.3 is 19.5 Å². The number of fused-ring (bicyclic) bond motifs is 3. The molecule has 0 amide bonds. The highest BCUT2D eigenvalue weighted by atomic mass is 32.2. The number of hydrogen-bond donors (Lipinski definition) is 3. The van der Waals surface area contributed by atoms with Crippen LogP contribution in [0.15, 0.2) is 60.7 Å². The summed E-state index contributed by atoms with van der Waals surface area (Å²) in [6.07, 6.45) is 0.660. The molecule has 0 saturated heterocycles. The van der Waals surface area contributed by atoms with E-state index in [1.807, 2.05) is 24.3 Å². The van der Waals surface area contributed by atoms with Gasteiger partial charge >= 0.3 is 0 Å². The van der Waals surface area contributed by atoms with Crippen LogP contribution >= 0.6 is 0 Å². The van der Waals surface area contributed by atoms with Crippen LogP contribution in [0.25, 0.3) is 21.8 Å². The van der Waals surface area contributed by atoms with E-state index < -0.39 is 24.2 Å². The normalized spacial score (nSPS) is 13.2. The summed E-state index contributed by atoms with van der Waals surface area (Å²) in [6.45, 7) is 8.00. The lowest BCUT2D eigenvalue weighted by atomic mass is 10.1. The Kier molecular flexibility index (Phi) is 9.32. The van der Waals surface area contributed by atoms with Crippen LogP contribution in [-0.2, 0) is 14.4 Å². The number of nitrogens with one attached hydrogen (secondary N) is 3. The summed E-state index contributed by atoms with van der Waals surface area (Å²) in [6, 6.07) is 21.7. The van der Waals surface area contributed by atoms with E-state index in [9.17, 15) is 12.8 Å². The topological polar surface area (TPSA) is 92.4 Å². The number of ether oxygens (including phenoxy) is 1. The van der Waals surface area contributed by atoms with Crippen LogP contribution in [0.3, 0.4) is 0 Å². The van der Waals surface area contributed by atoms with Gasteiger partial charge in [0.2, 0.25) is 10.0 Å². The van der Waals surface area contributed by atoms with Gasteiger partial charge in [0.05, 0.1) is 23.6 Å². The van der Waals surface area contributed by atoms with Crippen molar-refractivity contribution in [2.75, 3.05) is 30.7 Å². The van der Waals surface area contributed by atoms with Crippen LogP contribution in [-0.4, -0.2) is 47.7 Å². The summed E-state index contributed by atoms with van der Waals surface area (Å²) in [5.74, 6) is 0.161. The first-order chi connectivity index (χ1) is 18.7. The highest BCUT2D eigenvalue weighted by molar-refractivity contribution is 7.92. The van der Waals surface area contributed by atoms with Crippen molar-refractivity contribution in [2.24, 2.45) is 0 Å². The molecule has 1 heterocycles. The largest absolute Gasteiger partial charge is 0.492 e. The van der Waals surface area contributed by atoms with Gasteiger partial charge in [0, 0.05) is 35.4 Å². The minimum Gasteiger partial charge on any atom is -0.492 e. The summed E-state index contributed by atoms with van der Waals surface area (Å²) in [4.78, 5) is 3.44. The second kappa shape index (κ2) is 12.5. The molecule has 0 aliphatic heterocycles. The molecule has 0 saturated carbocycles. The second-order valence-electron chi connectivity index (χ2n) is 9.89. The average Bonchev–Trinajstić information content (AvgIpc) is 3.29. The fourth-order valence-corrected chi connectivity index (χ4v) is 8.33.